The Kier molecular flexibility index (Phi) is 9.44. The summed E-state index contributed by atoms with van der Waals surface area (Å²) in [5.41, 5.74) is 0.436. The highest BCUT2D eigenvalue weighted by atomic mass is 32.2. The average molecular weight is 590 g/mol. The molecule has 0 aliphatic heterocycles. The number of thiazole rings is 1. The molecule has 1 saturated carbocycles. The molecule has 40 heavy (non-hydrogen) atoms. The normalized spacial score (nSPS) is 14.3. The molecule has 1 aromatic carbocycles. The van der Waals surface area contributed by atoms with Gasteiger partial charge in [0.25, 0.3) is 0 Å². The molecule has 10 nitrogen and oxygen atoms in total. The van der Waals surface area contributed by atoms with E-state index >= 15 is 0 Å². The Hall–Kier alpha value is -3.06. The van der Waals surface area contributed by atoms with E-state index < -0.39 is 27.0 Å². The molecular formula is C28H35N3O7S2. The summed E-state index contributed by atoms with van der Waals surface area (Å²) in [6, 6.07) is 11.3. The Labute approximate surface area is 238 Å². The number of methoxy groups -OCH3 is 1. The zero-order chi connectivity index (χ0) is 28.9. The Morgan fingerprint density at radius 3 is 2.50 bits per heavy atom. The van der Waals surface area contributed by atoms with Crippen LogP contribution in [0.1, 0.15) is 51.0 Å². The van der Waals surface area contributed by atoms with Crippen LogP contribution in [0.4, 0.5) is 0 Å². The standard InChI is InChI=1S/C28H35N3O7S2/c1-20-26(24(33)19-40(35,36)30(2)15-16-32)29-25(39-20)18-31(14-4-6-23-7-5-17-38-23)27(34)28(12-13-28)21-8-10-22(37-3)11-9-21/h5,7-11,17,32H,4,6,12-16,18-19H2,1-3H3. The summed E-state index contributed by atoms with van der Waals surface area (Å²) < 4.78 is 36.7. The Morgan fingerprint density at radius 2 is 1.90 bits per heavy atom. The number of aliphatic hydroxyl groups excluding tert-OH is 1. The van der Waals surface area contributed by atoms with E-state index in [1.54, 1.807) is 25.2 Å². The lowest BCUT2D eigenvalue weighted by Gasteiger charge is -2.27. The summed E-state index contributed by atoms with van der Waals surface area (Å²) in [6.45, 7) is 1.97. The third-order valence-electron chi connectivity index (χ3n) is 7.15. The average Bonchev–Trinajstić information content (AvgIpc) is 3.41. The highest BCUT2D eigenvalue weighted by molar-refractivity contribution is 7.89. The summed E-state index contributed by atoms with van der Waals surface area (Å²) in [6.07, 6.45) is 4.47. The molecular weight excluding hydrogens is 554 g/mol. The van der Waals surface area contributed by atoms with Gasteiger partial charge in [-0.3, -0.25) is 9.59 Å². The zero-order valence-corrected chi connectivity index (χ0v) is 24.6. The van der Waals surface area contributed by atoms with Gasteiger partial charge in [-0.25, -0.2) is 17.7 Å². The van der Waals surface area contributed by atoms with Crippen LogP contribution in [0, 0.1) is 6.92 Å². The Morgan fingerprint density at radius 1 is 1.18 bits per heavy atom. The fourth-order valence-corrected chi connectivity index (χ4v) is 6.70. The second-order valence-corrected chi connectivity index (χ2v) is 13.3. The molecule has 1 amide bonds. The minimum absolute atomic E-state index is 0.00560. The molecule has 12 heteroatoms. The maximum Gasteiger partial charge on any atom is 0.233 e. The van der Waals surface area contributed by atoms with Crippen molar-refractivity contribution in [2.75, 3.05) is 39.6 Å². The highest BCUT2D eigenvalue weighted by Gasteiger charge is 2.53. The van der Waals surface area contributed by atoms with E-state index in [9.17, 15) is 18.0 Å². The van der Waals surface area contributed by atoms with E-state index in [0.29, 0.717) is 29.3 Å². The van der Waals surface area contributed by atoms with Gasteiger partial charge in [-0.2, -0.15) is 0 Å². The number of rotatable bonds is 15. The number of sulfonamides is 1. The molecule has 4 rings (SSSR count). The molecule has 216 valence electrons. The summed E-state index contributed by atoms with van der Waals surface area (Å²) in [4.78, 5) is 33.8. The minimum atomic E-state index is -3.89. The van der Waals surface area contributed by atoms with E-state index in [1.165, 1.54) is 18.4 Å². The van der Waals surface area contributed by atoms with E-state index in [2.05, 4.69) is 4.98 Å². The molecule has 0 spiro atoms. The number of carbonyl (C=O) groups is 2. The van der Waals surface area contributed by atoms with Gasteiger partial charge >= 0.3 is 0 Å². The van der Waals surface area contributed by atoms with E-state index in [1.807, 2.05) is 36.4 Å². The molecule has 1 aliphatic carbocycles. The van der Waals surface area contributed by atoms with Crippen LogP contribution >= 0.6 is 11.3 Å². The van der Waals surface area contributed by atoms with Crippen molar-refractivity contribution >= 4 is 33.1 Å². The number of ketones is 1. The van der Waals surface area contributed by atoms with Gasteiger partial charge in [0.15, 0.2) is 5.78 Å². The number of furan rings is 1. The number of aryl methyl sites for hydroxylation is 2. The van der Waals surface area contributed by atoms with Crippen molar-refractivity contribution in [1.29, 1.82) is 0 Å². The number of hydrogen-bond acceptors (Lipinski definition) is 9. The molecule has 0 bridgehead atoms. The number of nitrogens with zero attached hydrogens (tertiary/aromatic N) is 3. The number of carbonyl (C=O) groups excluding carboxylic acids is 2. The fourth-order valence-electron chi connectivity index (χ4n) is 4.68. The van der Waals surface area contributed by atoms with Crippen molar-refractivity contribution < 1.29 is 32.3 Å². The van der Waals surface area contributed by atoms with Crippen LogP contribution in [-0.4, -0.2) is 79.0 Å². The van der Waals surface area contributed by atoms with Crippen LogP contribution in [0.15, 0.2) is 47.1 Å². The van der Waals surface area contributed by atoms with Gasteiger partial charge in [0.1, 0.15) is 28.0 Å². The lowest BCUT2D eigenvalue weighted by atomic mass is 9.94. The molecule has 2 aromatic heterocycles. The summed E-state index contributed by atoms with van der Waals surface area (Å²) >= 11 is 1.29. The van der Waals surface area contributed by atoms with Gasteiger partial charge in [-0.05, 0) is 56.0 Å². The van der Waals surface area contributed by atoms with Crippen molar-refractivity contribution in [2.45, 2.75) is 44.6 Å². The lowest BCUT2D eigenvalue weighted by Crippen LogP contribution is -2.39. The number of hydrogen-bond donors (Lipinski definition) is 1. The van der Waals surface area contributed by atoms with Crippen molar-refractivity contribution in [2.24, 2.45) is 0 Å². The van der Waals surface area contributed by atoms with Gasteiger partial charge in [-0.15, -0.1) is 11.3 Å². The van der Waals surface area contributed by atoms with Crippen LogP contribution in [0.5, 0.6) is 5.75 Å². The van der Waals surface area contributed by atoms with Gasteiger partial charge in [-0.1, -0.05) is 12.1 Å². The first kappa shape index (κ1) is 29.9. The largest absolute Gasteiger partial charge is 0.497 e. The predicted octanol–water partition coefficient (Wildman–Crippen LogP) is 3.18. The van der Waals surface area contributed by atoms with Crippen molar-refractivity contribution in [3.63, 3.8) is 0 Å². The monoisotopic (exact) mass is 589 g/mol. The van der Waals surface area contributed by atoms with Crippen LogP contribution in [0.2, 0.25) is 0 Å². The quantitative estimate of drug-likeness (QED) is 0.268. The first-order valence-electron chi connectivity index (χ1n) is 13.1. The molecule has 0 unspecified atom stereocenters. The maximum atomic E-state index is 14.0. The predicted molar refractivity (Wildman–Crippen MR) is 151 cm³/mol. The first-order chi connectivity index (χ1) is 19.1. The molecule has 1 aliphatic rings. The molecule has 0 saturated heterocycles. The smallest absolute Gasteiger partial charge is 0.233 e. The minimum Gasteiger partial charge on any atom is -0.497 e. The topological polar surface area (TPSA) is 130 Å². The summed E-state index contributed by atoms with van der Waals surface area (Å²) in [5.74, 6) is 0.222. The first-order valence-corrected chi connectivity index (χ1v) is 15.5. The van der Waals surface area contributed by atoms with Gasteiger partial charge < -0.3 is 19.2 Å². The van der Waals surface area contributed by atoms with Crippen LogP contribution < -0.4 is 4.74 Å². The van der Waals surface area contributed by atoms with Crippen molar-refractivity contribution in [1.82, 2.24) is 14.2 Å². The van der Waals surface area contributed by atoms with Crippen molar-refractivity contribution in [3.05, 3.63) is 69.6 Å². The second kappa shape index (κ2) is 12.6. The molecule has 0 atom stereocenters. The fraction of sp³-hybridized carbons (Fsp3) is 0.464. The van der Waals surface area contributed by atoms with Crippen LogP contribution in [0.3, 0.4) is 0 Å². The maximum absolute atomic E-state index is 14.0. The van der Waals surface area contributed by atoms with E-state index in [0.717, 1.165) is 34.2 Å². The Balaban J connectivity index is 1.53. The van der Waals surface area contributed by atoms with E-state index in [4.69, 9.17) is 14.3 Å². The highest BCUT2D eigenvalue weighted by Crippen LogP contribution is 2.50. The van der Waals surface area contributed by atoms with Gasteiger partial charge in [0, 0.05) is 31.4 Å². The van der Waals surface area contributed by atoms with Crippen LogP contribution in [-0.2, 0) is 33.2 Å². The second-order valence-electron chi connectivity index (χ2n) is 9.96. The summed E-state index contributed by atoms with van der Waals surface area (Å²) in [7, 11) is -0.965. The molecule has 1 fully saturated rings. The molecule has 3 aromatic rings. The SMILES string of the molecule is COc1ccc(C2(C(=O)N(CCCc3ccco3)Cc3nc(C(=O)CS(=O)(=O)N(C)CCO)c(C)s3)CC2)cc1. The number of aromatic nitrogens is 1. The third-order valence-corrected chi connectivity index (χ3v) is 9.87. The number of Topliss-reactive ketones (excluding diaryl/α,β-unsaturated/α-hetero) is 1. The third kappa shape index (κ3) is 6.80. The summed E-state index contributed by atoms with van der Waals surface area (Å²) in [5, 5.41) is 9.62. The number of aliphatic hydroxyl groups is 1. The number of ether oxygens (including phenoxy) is 1. The number of benzene rings is 1. The Bertz CT molecular complexity index is 1410. The molecule has 1 N–H and O–H groups in total. The molecule has 0 radical (unpaired) electrons. The van der Waals surface area contributed by atoms with Crippen LogP contribution in [0.25, 0.3) is 0 Å². The molecule has 2 heterocycles. The van der Waals surface area contributed by atoms with Gasteiger partial charge in [0.05, 0.1) is 31.9 Å². The van der Waals surface area contributed by atoms with E-state index in [-0.39, 0.29) is 31.3 Å². The van der Waals surface area contributed by atoms with Gasteiger partial charge in [0.2, 0.25) is 15.9 Å². The lowest BCUT2D eigenvalue weighted by molar-refractivity contribution is -0.134. The zero-order valence-electron chi connectivity index (χ0n) is 23.0. The van der Waals surface area contributed by atoms with Crippen molar-refractivity contribution in [3.8, 4) is 5.75 Å². The number of likely N-dealkylation sites (N-methyl/N-ethyl adjacent to an activating group) is 1. The number of amides is 1.